The van der Waals surface area contributed by atoms with Gasteiger partial charge in [0.05, 0.1) is 0 Å². The van der Waals surface area contributed by atoms with Gasteiger partial charge in [0.25, 0.3) is 0 Å². The molecule has 1 aromatic rings. The summed E-state index contributed by atoms with van der Waals surface area (Å²) >= 11 is 0. The summed E-state index contributed by atoms with van der Waals surface area (Å²) in [4.78, 5) is 29.3. The second-order valence-corrected chi connectivity index (χ2v) is 7.11. The molecule has 13 heavy (non-hydrogen) atoms. The van der Waals surface area contributed by atoms with Crippen LogP contribution in [0.3, 0.4) is 0 Å². The summed E-state index contributed by atoms with van der Waals surface area (Å²) in [5.74, 6) is 0. The first-order valence-electron chi connectivity index (χ1n) is 4.15. The second-order valence-electron chi connectivity index (χ2n) is 3.47. The molecule has 0 heterocycles. The van der Waals surface area contributed by atoms with Crippen molar-refractivity contribution in [2.75, 3.05) is 0 Å². The van der Waals surface area contributed by atoms with Crippen molar-refractivity contribution in [2.45, 2.75) is 19.5 Å². The van der Waals surface area contributed by atoms with E-state index < -0.39 is 12.9 Å². The fraction of sp³-hybridized carbons (Fsp3) is 0.333. The topological polar surface area (TPSA) is 60.7 Å². The van der Waals surface area contributed by atoms with Gasteiger partial charge in [0.15, 0.2) is 0 Å². The standard InChI is InChI=1S/C9H15O3P/c1-8(2)13(10,11,12)9-6-4-3-5-7-9/h3-8,10-12H,1-2H3. The molecule has 3 N–H and O–H groups in total. The SMILES string of the molecule is CC(C)P(O)(O)(O)c1ccccc1. The van der Waals surface area contributed by atoms with E-state index in [1.807, 2.05) is 0 Å². The van der Waals surface area contributed by atoms with E-state index in [0.717, 1.165) is 0 Å². The molecule has 0 aliphatic carbocycles. The second kappa shape index (κ2) is 3.03. The van der Waals surface area contributed by atoms with Gasteiger partial charge in [-0.15, -0.1) is 0 Å². The van der Waals surface area contributed by atoms with Crippen molar-refractivity contribution in [1.29, 1.82) is 0 Å². The minimum atomic E-state index is -4.63. The molecule has 0 unspecified atom stereocenters. The number of benzene rings is 1. The van der Waals surface area contributed by atoms with Crippen LogP contribution in [0.15, 0.2) is 30.3 Å². The molecule has 0 spiro atoms. The van der Waals surface area contributed by atoms with Crippen molar-refractivity contribution < 1.29 is 14.7 Å². The van der Waals surface area contributed by atoms with Crippen molar-refractivity contribution in [3.8, 4) is 0 Å². The Balaban J connectivity index is 3.21. The maximum absolute atomic E-state index is 9.77. The number of rotatable bonds is 2. The van der Waals surface area contributed by atoms with Crippen LogP contribution in [0.25, 0.3) is 0 Å². The third-order valence-electron chi connectivity index (χ3n) is 2.20. The van der Waals surface area contributed by atoms with Crippen LogP contribution in [0.1, 0.15) is 13.8 Å². The fourth-order valence-corrected chi connectivity index (χ4v) is 2.35. The molecule has 0 bridgehead atoms. The molecule has 0 radical (unpaired) electrons. The van der Waals surface area contributed by atoms with E-state index in [9.17, 15) is 14.7 Å². The van der Waals surface area contributed by atoms with Gasteiger partial charge in [-0.1, -0.05) is 0 Å². The summed E-state index contributed by atoms with van der Waals surface area (Å²) in [6, 6.07) is 8.15. The molecule has 3 nitrogen and oxygen atoms in total. The Morgan fingerprint density at radius 1 is 1.00 bits per heavy atom. The van der Waals surface area contributed by atoms with Gasteiger partial charge < -0.3 is 0 Å². The van der Waals surface area contributed by atoms with Crippen LogP contribution in [0.2, 0.25) is 0 Å². The van der Waals surface area contributed by atoms with Gasteiger partial charge in [-0.2, -0.15) is 0 Å². The van der Waals surface area contributed by atoms with E-state index in [4.69, 9.17) is 0 Å². The zero-order chi connectivity index (χ0) is 10.1. The molecule has 0 atom stereocenters. The van der Waals surface area contributed by atoms with Crippen LogP contribution in [-0.2, 0) is 0 Å². The number of hydrogen-bond acceptors (Lipinski definition) is 3. The minimum absolute atomic E-state index is 0.212. The Bertz CT molecular complexity index is 287. The van der Waals surface area contributed by atoms with E-state index in [0.29, 0.717) is 0 Å². The van der Waals surface area contributed by atoms with Crippen LogP contribution in [0, 0.1) is 0 Å². The van der Waals surface area contributed by atoms with Crippen molar-refractivity contribution in [2.24, 2.45) is 0 Å². The molecular formula is C9H15O3P. The first-order valence-corrected chi connectivity index (χ1v) is 6.31. The molecule has 1 aromatic carbocycles. The fourth-order valence-electron chi connectivity index (χ4n) is 1.01. The predicted molar refractivity (Wildman–Crippen MR) is 54.8 cm³/mol. The molecule has 0 fully saturated rings. The Morgan fingerprint density at radius 3 is 1.85 bits per heavy atom. The van der Waals surface area contributed by atoms with Gasteiger partial charge in [0, 0.05) is 0 Å². The average Bonchev–Trinajstić information content (AvgIpc) is 2.05. The van der Waals surface area contributed by atoms with Crippen LogP contribution >= 0.6 is 7.28 Å². The summed E-state index contributed by atoms with van der Waals surface area (Å²) in [5.41, 5.74) is -0.576. The van der Waals surface area contributed by atoms with E-state index in [1.54, 1.807) is 32.0 Å². The third kappa shape index (κ3) is 1.89. The Kier molecular flexibility index (Phi) is 2.48. The average molecular weight is 202 g/mol. The van der Waals surface area contributed by atoms with Crippen molar-refractivity contribution in [3.05, 3.63) is 30.3 Å². The van der Waals surface area contributed by atoms with Crippen molar-refractivity contribution in [1.82, 2.24) is 0 Å². The molecule has 4 heteroatoms. The van der Waals surface area contributed by atoms with Crippen molar-refractivity contribution >= 4 is 12.6 Å². The summed E-state index contributed by atoms with van der Waals surface area (Å²) in [5, 5.41) is 0.212. The molecule has 0 amide bonds. The van der Waals surface area contributed by atoms with Crippen LogP contribution < -0.4 is 5.30 Å². The Labute approximate surface area is 77.8 Å². The molecule has 0 aliphatic heterocycles. The third-order valence-corrected chi connectivity index (χ3v) is 5.39. The Morgan fingerprint density at radius 2 is 1.46 bits per heavy atom. The summed E-state index contributed by atoms with van der Waals surface area (Å²) in [6.45, 7) is 3.18. The summed E-state index contributed by atoms with van der Waals surface area (Å²) in [7, 11) is -4.63. The normalized spacial score (nSPS) is 15.4. The van der Waals surface area contributed by atoms with E-state index in [1.165, 1.54) is 12.1 Å². The van der Waals surface area contributed by atoms with Crippen molar-refractivity contribution in [3.63, 3.8) is 0 Å². The quantitative estimate of drug-likeness (QED) is 0.627. The predicted octanol–water partition coefficient (Wildman–Crippen LogP) is 0.995. The van der Waals surface area contributed by atoms with Gasteiger partial charge in [-0.25, -0.2) is 0 Å². The van der Waals surface area contributed by atoms with Crippen LogP contribution in [0.5, 0.6) is 0 Å². The van der Waals surface area contributed by atoms with E-state index in [-0.39, 0.29) is 5.30 Å². The molecule has 0 aliphatic rings. The molecule has 0 aromatic heterocycles. The molecular weight excluding hydrogens is 187 g/mol. The zero-order valence-corrected chi connectivity index (χ0v) is 8.65. The number of hydrogen-bond donors (Lipinski definition) is 3. The first-order chi connectivity index (χ1) is 5.83. The Hall–Kier alpha value is -0.470. The molecule has 1 rings (SSSR count). The monoisotopic (exact) mass is 202 g/mol. The van der Waals surface area contributed by atoms with Gasteiger partial charge in [0.2, 0.25) is 0 Å². The summed E-state index contributed by atoms with van der Waals surface area (Å²) in [6.07, 6.45) is 0. The van der Waals surface area contributed by atoms with Gasteiger partial charge in [0.1, 0.15) is 0 Å². The molecule has 74 valence electrons. The van der Waals surface area contributed by atoms with E-state index in [2.05, 4.69) is 0 Å². The maximum atomic E-state index is 9.77. The zero-order valence-electron chi connectivity index (χ0n) is 7.75. The van der Waals surface area contributed by atoms with Crippen LogP contribution in [0.4, 0.5) is 0 Å². The molecule has 0 saturated heterocycles. The van der Waals surface area contributed by atoms with Gasteiger partial charge in [-0.3, -0.25) is 0 Å². The first kappa shape index (κ1) is 10.6. The molecule has 0 saturated carbocycles. The van der Waals surface area contributed by atoms with Gasteiger partial charge >= 0.3 is 77.1 Å². The summed E-state index contributed by atoms with van der Waals surface area (Å²) < 4.78 is 0. The van der Waals surface area contributed by atoms with Gasteiger partial charge in [-0.05, 0) is 0 Å². The van der Waals surface area contributed by atoms with Crippen LogP contribution in [-0.4, -0.2) is 20.3 Å². The van der Waals surface area contributed by atoms with E-state index >= 15 is 0 Å².